The van der Waals surface area contributed by atoms with Crippen LogP contribution in [0, 0.1) is 5.82 Å². The molecule has 4 aromatic heterocycles. The second-order valence-corrected chi connectivity index (χ2v) is 9.89. The number of carbonyl (C=O) groups is 1. The van der Waals surface area contributed by atoms with E-state index in [1.165, 1.54) is 10.8 Å². The van der Waals surface area contributed by atoms with Gasteiger partial charge in [0, 0.05) is 40.9 Å². The van der Waals surface area contributed by atoms with Gasteiger partial charge in [-0.15, -0.1) is 0 Å². The number of halogens is 1. The van der Waals surface area contributed by atoms with E-state index in [4.69, 9.17) is 10.7 Å². The van der Waals surface area contributed by atoms with E-state index < -0.39 is 5.82 Å². The molecule has 2 saturated heterocycles. The summed E-state index contributed by atoms with van der Waals surface area (Å²) in [5, 5.41) is 10.8. The number of H-pyrrole nitrogens is 1. The molecule has 2 aliphatic rings. The van der Waals surface area contributed by atoms with Crippen LogP contribution in [0.2, 0.25) is 0 Å². The zero-order valence-corrected chi connectivity index (χ0v) is 20.3. The van der Waals surface area contributed by atoms with Gasteiger partial charge >= 0.3 is 0 Å². The largest absolute Gasteiger partial charge is 0.381 e. The van der Waals surface area contributed by atoms with Crippen molar-refractivity contribution < 1.29 is 9.18 Å². The van der Waals surface area contributed by atoms with Gasteiger partial charge in [-0.2, -0.15) is 14.7 Å². The number of nitrogen functional groups attached to an aromatic ring is 1. The number of piperidine rings is 1. The summed E-state index contributed by atoms with van der Waals surface area (Å²) >= 11 is 0. The zero-order chi connectivity index (χ0) is 25.8. The highest BCUT2D eigenvalue weighted by Gasteiger charge is 2.45. The van der Waals surface area contributed by atoms with Crippen LogP contribution in [-0.2, 0) is 0 Å². The third-order valence-electron chi connectivity index (χ3n) is 7.76. The van der Waals surface area contributed by atoms with Gasteiger partial charge in [-0.3, -0.25) is 14.9 Å². The lowest BCUT2D eigenvalue weighted by Gasteiger charge is -2.38. The summed E-state index contributed by atoms with van der Waals surface area (Å²) in [6.45, 7) is 0. The monoisotopic (exact) mass is 509 g/mol. The average molecular weight is 510 g/mol. The Balaban J connectivity index is 1.22. The van der Waals surface area contributed by atoms with Crippen LogP contribution in [-0.4, -0.2) is 57.7 Å². The Kier molecular flexibility index (Phi) is 5.17. The summed E-state index contributed by atoms with van der Waals surface area (Å²) in [5.74, 6) is -0.728. The smallest absolute Gasteiger partial charge is 0.291 e. The fourth-order valence-electron chi connectivity index (χ4n) is 5.98. The molecule has 6 heterocycles. The molecule has 1 unspecified atom stereocenters. The number of hydrogen-bond donors (Lipinski definition) is 2. The number of nitrogens with two attached hydrogens (primary N) is 1. The molecule has 190 valence electrons. The van der Waals surface area contributed by atoms with Gasteiger partial charge in [-0.1, -0.05) is 36.4 Å². The van der Waals surface area contributed by atoms with Crippen molar-refractivity contribution in [1.82, 2.24) is 39.7 Å². The molecule has 3 N–H and O–H groups in total. The normalized spacial score (nSPS) is 20.8. The standard InChI is InChI=1S/C27H24FN9O/c28-22-23(17-10-18-7-8-19(11-17)36(18)27(38)25-31-14-32-35-25)34-26-20(13-33-37(26)24(22)29)16-6-9-21(30-12-16)15-4-2-1-3-5-15/h1-6,9,12-14,17-19H,7-8,10-11,29H2,(H,31,32,35)/t17?,18-,19+. The van der Waals surface area contributed by atoms with E-state index in [1.54, 1.807) is 12.4 Å². The molecule has 11 heteroatoms. The second-order valence-electron chi connectivity index (χ2n) is 9.89. The van der Waals surface area contributed by atoms with Crippen molar-refractivity contribution in [2.24, 2.45) is 0 Å². The maximum absolute atomic E-state index is 15.6. The minimum absolute atomic E-state index is 0.0193. The molecule has 0 spiro atoms. The van der Waals surface area contributed by atoms with Crippen LogP contribution < -0.4 is 5.73 Å². The molecule has 10 nitrogen and oxygen atoms in total. The first-order chi connectivity index (χ1) is 18.6. The lowest BCUT2D eigenvalue weighted by molar-refractivity contribution is 0.0556. The molecule has 0 radical (unpaired) electrons. The summed E-state index contributed by atoms with van der Waals surface area (Å²) in [7, 11) is 0. The van der Waals surface area contributed by atoms with E-state index in [0.717, 1.165) is 35.2 Å². The maximum atomic E-state index is 15.6. The van der Waals surface area contributed by atoms with E-state index in [1.807, 2.05) is 47.4 Å². The minimum Gasteiger partial charge on any atom is -0.381 e. The van der Waals surface area contributed by atoms with E-state index in [-0.39, 0.29) is 35.6 Å². The Morgan fingerprint density at radius 1 is 1.00 bits per heavy atom. The molecule has 5 aromatic rings. The van der Waals surface area contributed by atoms with E-state index >= 15 is 4.39 Å². The first-order valence-corrected chi connectivity index (χ1v) is 12.6. The fourth-order valence-corrected chi connectivity index (χ4v) is 5.98. The number of aromatic nitrogens is 7. The molecular weight excluding hydrogens is 485 g/mol. The van der Waals surface area contributed by atoms with Gasteiger partial charge in [0.25, 0.3) is 5.91 Å². The van der Waals surface area contributed by atoms with Crippen molar-refractivity contribution in [3.05, 3.63) is 78.5 Å². The topological polar surface area (TPSA) is 131 Å². The van der Waals surface area contributed by atoms with Crippen LogP contribution in [0.25, 0.3) is 28.0 Å². The number of pyridine rings is 1. The summed E-state index contributed by atoms with van der Waals surface area (Å²) < 4.78 is 16.9. The van der Waals surface area contributed by atoms with Gasteiger partial charge in [0.1, 0.15) is 6.33 Å². The Labute approximate surface area is 216 Å². The Bertz CT molecular complexity index is 1620. The predicted molar refractivity (Wildman–Crippen MR) is 137 cm³/mol. The predicted octanol–water partition coefficient (Wildman–Crippen LogP) is 3.85. The second kappa shape index (κ2) is 8.72. The van der Waals surface area contributed by atoms with Crippen molar-refractivity contribution >= 4 is 17.4 Å². The summed E-state index contributed by atoms with van der Waals surface area (Å²) in [6.07, 6.45) is 7.67. The van der Waals surface area contributed by atoms with E-state index in [0.29, 0.717) is 24.2 Å². The van der Waals surface area contributed by atoms with Crippen LogP contribution in [0.15, 0.2) is 61.2 Å². The molecule has 1 amide bonds. The van der Waals surface area contributed by atoms with Crippen molar-refractivity contribution in [3.8, 4) is 22.4 Å². The van der Waals surface area contributed by atoms with Crippen molar-refractivity contribution in [3.63, 3.8) is 0 Å². The van der Waals surface area contributed by atoms with Gasteiger partial charge in [0.05, 0.1) is 17.6 Å². The highest BCUT2D eigenvalue weighted by molar-refractivity contribution is 5.91. The van der Waals surface area contributed by atoms with Gasteiger partial charge in [0.15, 0.2) is 17.3 Å². The van der Waals surface area contributed by atoms with E-state index in [2.05, 4.69) is 25.3 Å². The van der Waals surface area contributed by atoms with Crippen molar-refractivity contribution in [2.75, 3.05) is 5.73 Å². The van der Waals surface area contributed by atoms with Gasteiger partial charge < -0.3 is 10.6 Å². The molecule has 2 fully saturated rings. The molecule has 1 aromatic carbocycles. The quantitative estimate of drug-likeness (QED) is 0.376. The number of anilines is 1. The molecule has 2 bridgehead atoms. The lowest BCUT2D eigenvalue weighted by atomic mass is 9.87. The van der Waals surface area contributed by atoms with Crippen molar-refractivity contribution in [1.29, 1.82) is 0 Å². The Morgan fingerprint density at radius 2 is 1.79 bits per heavy atom. The molecular formula is C27H24FN9O. The maximum Gasteiger partial charge on any atom is 0.291 e. The number of carbonyl (C=O) groups excluding carboxylic acids is 1. The van der Waals surface area contributed by atoms with Gasteiger partial charge in [0.2, 0.25) is 5.82 Å². The number of fused-ring (bicyclic) bond motifs is 3. The molecule has 7 rings (SSSR count). The summed E-state index contributed by atoms with van der Waals surface area (Å²) in [5.41, 5.74) is 10.5. The number of amides is 1. The zero-order valence-electron chi connectivity index (χ0n) is 20.3. The number of hydrogen-bond acceptors (Lipinski definition) is 7. The number of aromatic amines is 1. The van der Waals surface area contributed by atoms with Crippen molar-refractivity contribution in [2.45, 2.75) is 43.7 Å². The first-order valence-electron chi connectivity index (χ1n) is 12.6. The Hall–Kier alpha value is -4.67. The average Bonchev–Trinajstić information content (AvgIpc) is 3.69. The number of benzene rings is 1. The summed E-state index contributed by atoms with van der Waals surface area (Å²) in [4.78, 5) is 28.3. The fraction of sp³-hybridized carbons (Fsp3) is 0.259. The number of nitrogens with one attached hydrogen (secondary N) is 1. The SMILES string of the molecule is Nc1c(F)c(C2C[C@H]3CC[C@@H](C2)N3C(=O)c2ncn[nH]2)nc2c(-c3ccc(-c4ccccc4)nc3)cnn12. The molecule has 3 atom stereocenters. The van der Waals surface area contributed by atoms with Gasteiger partial charge in [-0.25, -0.2) is 14.4 Å². The Morgan fingerprint density at radius 3 is 2.47 bits per heavy atom. The first kappa shape index (κ1) is 22.5. The third kappa shape index (κ3) is 3.53. The molecule has 0 saturated carbocycles. The van der Waals surface area contributed by atoms with Crippen LogP contribution in [0.5, 0.6) is 0 Å². The van der Waals surface area contributed by atoms with E-state index in [9.17, 15) is 4.79 Å². The third-order valence-corrected chi connectivity index (χ3v) is 7.76. The molecule has 0 aliphatic carbocycles. The molecule has 2 aliphatic heterocycles. The van der Waals surface area contributed by atoms with Gasteiger partial charge in [-0.05, 0) is 31.7 Å². The minimum atomic E-state index is -0.552. The summed E-state index contributed by atoms with van der Waals surface area (Å²) in [6, 6.07) is 13.8. The number of nitrogens with zero attached hydrogens (tertiary/aromatic N) is 7. The van der Waals surface area contributed by atoms with Crippen LogP contribution in [0.1, 0.15) is 47.9 Å². The molecule has 38 heavy (non-hydrogen) atoms. The van der Waals surface area contributed by atoms with Crippen LogP contribution >= 0.6 is 0 Å². The van der Waals surface area contributed by atoms with Crippen LogP contribution in [0.3, 0.4) is 0 Å². The number of rotatable bonds is 4. The highest BCUT2D eigenvalue weighted by atomic mass is 19.1. The highest BCUT2D eigenvalue weighted by Crippen LogP contribution is 2.44. The van der Waals surface area contributed by atoms with Crippen LogP contribution in [0.4, 0.5) is 10.2 Å². The lowest BCUT2D eigenvalue weighted by Crippen LogP contribution is -2.46.